The van der Waals surface area contributed by atoms with Crippen LogP contribution in [-0.2, 0) is 9.59 Å². The fourth-order valence-electron chi connectivity index (χ4n) is 2.40. The maximum absolute atomic E-state index is 11.5. The van der Waals surface area contributed by atoms with Gasteiger partial charge in [0.25, 0.3) is 0 Å². The second-order valence-electron chi connectivity index (χ2n) is 3.95. The molecule has 2 saturated heterocycles. The summed E-state index contributed by atoms with van der Waals surface area (Å²) >= 11 is 0. The molecule has 0 aromatic rings. The molecule has 0 aromatic heterocycles. The summed E-state index contributed by atoms with van der Waals surface area (Å²) in [6, 6.07) is 0.416. The van der Waals surface area contributed by atoms with Crippen molar-refractivity contribution in [3.63, 3.8) is 0 Å². The molecule has 2 atom stereocenters. The predicted molar refractivity (Wildman–Crippen MR) is 50.3 cm³/mol. The molecule has 0 saturated carbocycles. The van der Waals surface area contributed by atoms with Crippen LogP contribution in [0.5, 0.6) is 0 Å². The summed E-state index contributed by atoms with van der Waals surface area (Å²) in [6.07, 6.45) is 2.63. The van der Waals surface area contributed by atoms with Crippen LogP contribution in [0.25, 0.3) is 0 Å². The average Bonchev–Trinajstić information content (AvgIpc) is 2.67. The predicted octanol–water partition coefficient (Wildman–Crippen LogP) is -1.18. The third-order valence-corrected chi connectivity index (χ3v) is 3.02. The third-order valence-electron chi connectivity index (χ3n) is 3.02. The van der Waals surface area contributed by atoms with Crippen molar-refractivity contribution >= 4 is 11.8 Å². The van der Waals surface area contributed by atoms with Gasteiger partial charge in [-0.15, -0.1) is 0 Å². The van der Waals surface area contributed by atoms with Crippen molar-refractivity contribution < 1.29 is 9.59 Å². The normalized spacial score (nSPS) is 30.9. The molecule has 2 aliphatic rings. The lowest BCUT2D eigenvalue weighted by Gasteiger charge is -2.20. The van der Waals surface area contributed by atoms with E-state index in [0.29, 0.717) is 12.5 Å². The van der Waals surface area contributed by atoms with E-state index in [2.05, 4.69) is 5.32 Å². The van der Waals surface area contributed by atoms with Gasteiger partial charge in [0.15, 0.2) is 0 Å². The van der Waals surface area contributed by atoms with Crippen LogP contribution >= 0.6 is 0 Å². The van der Waals surface area contributed by atoms with E-state index in [9.17, 15) is 9.59 Å². The van der Waals surface area contributed by atoms with Crippen LogP contribution in [0.3, 0.4) is 0 Å². The van der Waals surface area contributed by atoms with E-state index in [1.807, 2.05) is 4.90 Å². The zero-order chi connectivity index (χ0) is 10.1. The van der Waals surface area contributed by atoms with Gasteiger partial charge < -0.3 is 16.0 Å². The molecule has 2 heterocycles. The molecule has 2 amide bonds. The highest BCUT2D eigenvalue weighted by Crippen LogP contribution is 2.28. The molecule has 0 bridgehead atoms. The van der Waals surface area contributed by atoms with Crippen LogP contribution in [-0.4, -0.2) is 41.9 Å². The Kier molecular flexibility index (Phi) is 2.41. The number of hydrogen-bond donors (Lipinski definition) is 2. The highest BCUT2D eigenvalue weighted by Gasteiger charge is 2.41. The Morgan fingerprint density at radius 1 is 1.64 bits per heavy atom. The number of nitrogens with one attached hydrogen (secondary N) is 1. The maximum Gasteiger partial charge on any atom is 0.231 e. The van der Waals surface area contributed by atoms with E-state index in [1.165, 1.54) is 0 Å². The molecule has 14 heavy (non-hydrogen) atoms. The fraction of sp³-hybridized carbons (Fsp3) is 0.778. The zero-order valence-electron chi connectivity index (χ0n) is 8.03. The number of hydrogen-bond acceptors (Lipinski definition) is 3. The van der Waals surface area contributed by atoms with Gasteiger partial charge in [0.2, 0.25) is 11.8 Å². The Morgan fingerprint density at radius 3 is 3.14 bits per heavy atom. The van der Waals surface area contributed by atoms with Gasteiger partial charge in [-0.1, -0.05) is 0 Å². The van der Waals surface area contributed by atoms with Crippen LogP contribution in [0.15, 0.2) is 0 Å². The minimum absolute atomic E-state index is 0.123. The number of nitrogens with zero attached hydrogens (tertiary/aromatic N) is 1. The molecule has 0 spiro atoms. The summed E-state index contributed by atoms with van der Waals surface area (Å²) in [5, 5.41) is 3.05. The lowest BCUT2D eigenvalue weighted by atomic mass is 10.1. The summed E-state index contributed by atoms with van der Waals surface area (Å²) in [5.74, 6) is -0.164. The Hall–Kier alpha value is -1.10. The Bertz CT molecular complexity index is 267. The second-order valence-corrected chi connectivity index (χ2v) is 3.95. The molecular weight excluding hydrogens is 182 g/mol. The standard InChI is InChI=1S/C9H15N3O2/c10-8(13)5-11-6-4-9(14)12-3-1-2-7(6)12/h6-7,11H,1-5H2,(H2,10,13). The molecule has 2 rings (SSSR count). The lowest BCUT2D eigenvalue weighted by Crippen LogP contribution is -2.42. The van der Waals surface area contributed by atoms with Crippen LogP contribution in [0.2, 0.25) is 0 Å². The number of carbonyl (C=O) groups excluding carboxylic acids is 2. The minimum atomic E-state index is -0.367. The van der Waals surface area contributed by atoms with Crippen LogP contribution in [0, 0.1) is 0 Å². The molecule has 2 aliphatic heterocycles. The number of primary amides is 1. The first-order chi connectivity index (χ1) is 6.68. The van der Waals surface area contributed by atoms with Crippen LogP contribution in [0.4, 0.5) is 0 Å². The Morgan fingerprint density at radius 2 is 2.43 bits per heavy atom. The van der Waals surface area contributed by atoms with E-state index in [4.69, 9.17) is 5.73 Å². The SMILES string of the molecule is NC(=O)CNC1CC(=O)N2CCCC12. The van der Waals surface area contributed by atoms with E-state index in [-0.39, 0.29) is 24.4 Å². The van der Waals surface area contributed by atoms with Gasteiger partial charge in [0.1, 0.15) is 0 Å². The fourth-order valence-corrected chi connectivity index (χ4v) is 2.40. The van der Waals surface area contributed by atoms with Gasteiger partial charge in [-0.2, -0.15) is 0 Å². The molecule has 78 valence electrons. The zero-order valence-corrected chi connectivity index (χ0v) is 8.03. The summed E-state index contributed by atoms with van der Waals surface area (Å²) in [7, 11) is 0. The topological polar surface area (TPSA) is 75.4 Å². The number of carbonyl (C=O) groups is 2. The number of nitrogens with two attached hydrogens (primary N) is 1. The highest BCUT2D eigenvalue weighted by molar-refractivity contribution is 5.81. The Labute approximate surface area is 82.6 Å². The van der Waals surface area contributed by atoms with Crippen molar-refractivity contribution in [2.75, 3.05) is 13.1 Å². The van der Waals surface area contributed by atoms with Crippen molar-refractivity contribution in [2.45, 2.75) is 31.3 Å². The first-order valence-corrected chi connectivity index (χ1v) is 4.99. The summed E-state index contributed by atoms with van der Waals surface area (Å²) in [5.41, 5.74) is 5.04. The molecule has 0 radical (unpaired) electrons. The summed E-state index contributed by atoms with van der Waals surface area (Å²) < 4.78 is 0. The molecule has 2 unspecified atom stereocenters. The van der Waals surface area contributed by atoms with E-state index in [1.54, 1.807) is 0 Å². The van der Waals surface area contributed by atoms with Crippen LogP contribution < -0.4 is 11.1 Å². The van der Waals surface area contributed by atoms with E-state index < -0.39 is 0 Å². The van der Waals surface area contributed by atoms with Gasteiger partial charge in [-0.05, 0) is 12.8 Å². The smallest absolute Gasteiger partial charge is 0.231 e. The van der Waals surface area contributed by atoms with Crippen molar-refractivity contribution in [2.24, 2.45) is 5.73 Å². The van der Waals surface area contributed by atoms with Gasteiger partial charge in [-0.3, -0.25) is 9.59 Å². The number of rotatable bonds is 3. The first-order valence-electron chi connectivity index (χ1n) is 4.99. The molecule has 0 aromatic carbocycles. The summed E-state index contributed by atoms with van der Waals surface area (Å²) in [6.45, 7) is 1.04. The average molecular weight is 197 g/mol. The quantitative estimate of drug-likeness (QED) is 0.598. The maximum atomic E-state index is 11.5. The second kappa shape index (κ2) is 3.57. The van der Waals surface area contributed by atoms with Crippen molar-refractivity contribution in [3.05, 3.63) is 0 Å². The number of fused-ring (bicyclic) bond motifs is 1. The molecule has 3 N–H and O–H groups in total. The van der Waals surface area contributed by atoms with Gasteiger partial charge in [-0.25, -0.2) is 0 Å². The summed E-state index contributed by atoms with van der Waals surface area (Å²) in [4.78, 5) is 24.0. The molecule has 5 heteroatoms. The largest absolute Gasteiger partial charge is 0.369 e. The molecule has 0 aliphatic carbocycles. The van der Waals surface area contributed by atoms with Crippen molar-refractivity contribution in [1.82, 2.24) is 10.2 Å². The third kappa shape index (κ3) is 1.59. The lowest BCUT2D eigenvalue weighted by molar-refractivity contribution is -0.127. The molecule has 2 fully saturated rings. The van der Waals surface area contributed by atoms with Crippen molar-refractivity contribution in [3.8, 4) is 0 Å². The van der Waals surface area contributed by atoms with Crippen molar-refractivity contribution in [1.29, 1.82) is 0 Å². The first kappa shape index (κ1) is 9.45. The van der Waals surface area contributed by atoms with Gasteiger partial charge >= 0.3 is 0 Å². The van der Waals surface area contributed by atoms with Crippen LogP contribution in [0.1, 0.15) is 19.3 Å². The Balaban J connectivity index is 1.93. The van der Waals surface area contributed by atoms with E-state index in [0.717, 1.165) is 19.4 Å². The number of amides is 2. The minimum Gasteiger partial charge on any atom is -0.369 e. The van der Waals surface area contributed by atoms with Gasteiger partial charge in [0.05, 0.1) is 6.54 Å². The van der Waals surface area contributed by atoms with E-state index >= 15 is 0 Å². The highest BCUT2D eigenvalue weighted by atomic mass is 16.2. The molecule has 5 nitrogen and oxygen atoms in total. The molecular formula is C9H15N3O2. The van der Waals surface area contributed by atoms with Gasteiger partial charge in [0, 0.05) is 25.0 Å². The monoisotopic (exact) mass is 197 g/mol.